The molecule has 0 aliphatic carbocycles. The van der Waals surface area contributed by atoms with Gasteiger partial charge in [-0.1, -0.05) is 99.5 Å². The van der Waals surface area contributed by atoms with E-state index < -0.39 is 87.9 Å². The molecule has 288 valence electrons. The Kier molecular flexibility index (Phi) is 13.1. The quantitative estimate of drug-likeness (QED) is 0.0964. The van der Waals surface area contributed by atoms with Crippen LogP contribution < -0.4 is 4.90 Å². The summed E-state index contributed by atoms with van der Waals surface area (Å²) < 4.78 is 178. The summed E-state index contributed by atoms with van der Waals surface area (Å²) >= 11 is 0. The standard InChI is InChI=1S/C40H39F12N/c1-3-5-25-53(26-6-4-2)35(27-15-7-8-16-28(27)37(41,42)43)23-24-36(29-17-9-12-20-32(29)38(44,45)46,30-18-10-13-21-33(30)39(47,48)49)31-19-11-14-22-34(31)40(50,51)52/h7-22,35H,3-6,23-26H2,1-2H3/p+1. The van der Waals surface area contributed by atoms with Crippen molar-refractivity contribution in [1.82, 2.24) is 0 Å². The molecule has 4 rings (SSSR count). The molecule has 1 nitrogen and oxygen atoms in total. The highest BCUT2D eigenvalue weighted by Crippen LogP contribution is 2.54. The lowest BCUT2D eigenvalue weighted by Gasteiger charge is -2.42. The van der Waals surface area contributed by atoms with E-state index in [0.717, 1.165) is 60.7 Å². The molecule has 0 aliphatic rings. The fraction of sp³-hybridized carbons (Fsp3) is 0.400. The minimum absolute atomic E-state index is 0.242. The second-order valence-corrected chi connectivity index (χ2v) is 13.1. The number of hydrogen-bond donors (Lipinski definition) is 1. The first-order valence-electron chi connectivity index (χ1n) is 17.3. The van der Waals surface area contributed by atoms with E-state index in [9.17, 15) is 52.7 Å². The van der Waals surface area contributed by atoms with Crippen molar-refractivity contribution >= 4 is 0 Å². The maximum absolute atomic E-state index is 15.0. The molecule has 13 heteroatoms. The van der Waals surface area contributed by atoms with Crippen LogP contribution in [0.3, 0.4) is 0 Å². The smallest absolute Gasteiger partial charge is 0.329 e. The molecule has 0 saturated heterocycles. The summed E-state index contributed by atoms with van der Waals surface area (Å²) in [6, 6.07) is 14.0. The molecular weight excluding hydrogens is 722 g/mol. The molecule has 0 bridgehead atoms. The van der Waals surface area contributed by atoms with Crippen LogP contribution in [-0.2, 0) is 30.1 Å². The Morgan fingerprint density at radius 3 is 1.06 bits per heavy atom. The van der Waals surface area contributed by atoms with Gasteiger partial charge in [0.05, 0.1) is 35.3 Å². The molecule has 53 heavy (non-hydrogen) atoms. The molecule has 0 fully saturated rings. The Morgan fingerprint density at radius 2 is 0.736 bits per heavy atom. The van der Waals surface area contributed by atoms with Crippen LogP contribution in [0.5, 0.6) is 0 Å². The highest BCUT2D eigenvalue weighted by atomic mass is 19.4. The maximum Gasteiger partial charge on any atom is 0.416 e. The summed E-state index contributed by atoms with van der Waals surface area (Å²) in [6.45, 7) is 4.32. The van der Waals surface area contributed by atoms with Gasteiger partial charge >= 0.3 is 24.7 Å². The fourth-order valence-corrected chi connectivity index (χ4v) is 7.43. The van der Waals surface area contributed by atoms with E-state index in [1.807, 2.05) is 13.8 Å². The second-order valence-electron chi connectivity index (χ2n) is 13.1. The van der Waals surface area contributed by atoms with Crippen LogP contribution in [0, 0.1) is 0 Å². The summed E-state index contributed by atoms with van der Waals surface area (Å²) in [7, 11) is 0. The molecule has 0 radical (unpaired) electrons. The Hall–Kier alpha value is -4.00. The van der Waals surface area contributed by atoms with Crippen LogP contribution in [0.1, 0.15) is 103 Å². The monoisotopic (exact) mass is 762 g/mol. The van der Waals surface area contributed by atoms with Crippen molar-refractivity contribution in [3.63, 3.8) is 0 Å². The Balaban J connectivity index is 2.21. The number of benzene rings is 4. The number of quaternary nitrogens is 1. The molecule has 1 unspecified atom stereocenters. The fourth-order valence-electron chi connectivity index (χ4n) is 7.43. The third kappa shape index (κ3) is 9.39. The van der Waals surface area contributed by atoms with E-state index in [1.54, 1.807) is 0 Å². The Bertz CT molecular complexity index is 1640. The minimum Gasteiger partial charge on any atom is -0.329 e. The Morgan fingerprint density at radius 1 is 0.434 bits per heavy atom. The molecule has 0 aromatic heterocycles. The number of nitrogens with one attached hydrogen (secondary N) is 1. The average molecular weight is 763 g/mol. The summed E-state index contributed by atoms with van der Waals surface area (Å²) in [5, 5.41) is 0. The van der Waals surface area contributed by atoms with Gasteiger partial charge in [0.15, 0.2) is 0 Å². The van der Waals surface area contributed by atoms with E-state index in [2.05, 4.69) is 0 Å². The van der Waals surface area contributed by atoms with Crippen molar-refractivity contribution in [2.24, 2.45) is 0 Å². The van der Waals surface area contributed by atoms with Gasteiger partial charge in [-0.2, -0.15) is 52.7 Å². The number of halogens is 12. The van der Waals surface area contributed by atoms with Gasteiger partial charge in [0.2, 0.25) is 0 Å². The van der Waals surface area contributed by atoms with Crippen molar-refractivity contribution in [3.05, 3.63) is 142 Å². The molecule has 0 spiro atoms. The van der Waals surface area contributed by atoms with E-state index >= 15 is 0 Å². The summed E-state index contributed by atoms with van der Waals surface area (Å²) in [4.78, 5) is 0.594. The van der Waals surface area contributed by atoms with Crippen molar-refractivity contribution < 1.29 is 57.6 Å². The van der Waals surface area contributed by atoms with Crippen LogP contribution in [0.25, 0.3) is 0 Å². The van der Waals surface area contributed by atoms with Gasteiger partial charge in [-0.05, 0) is 60.2 Å². The topological polar surface area (TPSA) is 4.44 Å². The van der Waals surface area contributed by atoms with E-state index in [4.69, 9.17) is 0 Å². The third-order valence-electron chi connectivity index (χ3n) is 9.72. The molecule has 4 aromatic rings. The highest BCUT2D eigenvalue weighted by molar-refractivity contribution is 5.59. The van der Waals surface area contributed by atoms with Gasteiger partial charge in [-0.15, -0.1) is 0 Å². The summed E-state index contributed by atoms with van der Waals surface area (Å²) in [5.41, 5.74) is -11.2. The molecule has 1 atom stereocenters. The van der Waals surface area contributed by atoms with Gasteiger partial charge in [-0.3, -0.25) is 0 Å². The second kappa shape index (κ2) is 16.6. The van der Waals surface area contributed by atoms with E-state index in [0.29, 0.717) is 61.9 Å². The molecule has 0 heterocycles. The van der Waals surface area contributed by atoms with E-state index in [1.165, 1.54) is 18.2 Å². The van der Waals surface area contributed by atoms with Gasteiger partial charge in [0.25, 0.3) is 0 Å². The molecule has 0 amide bonds. The zero-order chi connectivity index (χ0) is 39.2. The Labute approximate surface area is 300 Å². The van der Waals surface area contributed by atoms with Gasteiger partial charge in [0, 0.05) is 17.4 Å². The first-order chi connectivity index (χ1) is 24.8. The van der Waals surface area contributed by atoms with Gasteiger partial charge in [-0.25, -0.2) is 0 Å². The van der Waals surface area contributed by atoms with E-state index in [-0.39, 0.29) is 5.56 Å². The lowest BCUT2D eigenvalue weighted by Crippen LogP contribution is -3.12. The van der Waals surface area contributed by atoms with Crippen molar-refractivity contribution in [2.45, 2.75) is 88.5 Å². The number of hydrogen-bond acceptors (Lipinski definition) is 0. The molecule has 0 saturated carbocycles. The minimum atomic E-state index is -5.25. The number of alkyl halides is 12. The third-order valence-corrected chi connectivity index (χ3v) is 9.72. The predicted octanol–water partition coefficient (Wildman–Crippen LogP) is 12.1. The molecule has 4 aromatic carbocycles. The largest absolute Gasteiger partial charge is 0.416 e. The normalized spacial score (nSPS) is 13.8. The van der Waals surface area contributed by atoms with Gasteiger partial charge < -0.3 is 4.90 Å². The predicted molar refractivity (Wildman–Crippen MR) is 178 cm³/mol. The summed E-state index contributed by atoms with van der Waals surface area (Å²) in [5.74, 6) is 0. The van der Waals surface area contributed by atoms with Crippen molar-refractivity contribution in [2.75, 3.05) is 13.1 Å². The lowest BCUT2D eigenvalue weighted by atomic mass is 9.62. The highest BCUT2D eigenvalue weighted by Gasteiger charge is 2.51. The van der Waals surface area contributed by atoms with Crippen LogP contribution >= 0.6 is 0 Å². The average Bonchev–Trinajstić information content (AvgIpc) is 3.09. The van der Waals surface area contributed by atoms with Crippen LogP contribution in [0.4, 0.5) is 52.7 Å². The van der Waals surface area contributed by atoms with Crippen LogP contribution in [-0.4, -0.2) is 13.1 Å². The zero-order valence-electron chi connectivity index (χ0n) is 29.0. The molecular formula is C40H40F12N+. The zero-order valence-corrected chi connectivity index (χ0v) is 29.0. The molecule has 1 N–H and O–H groups in total. The summed E-state index contributed by atoms with van der Waals surface area (Å²) in [6.07, 6.45) is -19.7. The maximum atomic E-state index is 15.0. The van der Waals surface area contributed by atoms with Crippen LogP contribution in [0.15, 0.2) is 97.1 Å². The molecule has 0 aliphatic heterocycles. The number of unbranched alkanes of at least 4 members (excludes halogenated alkanes) is 2. The first-order valence-corrected chi connectivity index (χ1v) is 17.3. The first kappa shape index (κ1) is 41.8. The lowest BCUT2D eigenvalue weighted by molar-refractivity contribution is -0.933. The van der Waals surface area contributed by atoms with Crippen molar-refractivity contribution in [1.29, 1.82) is 0 Å². The van der Waals surface area contributed by atoms with Crippen molar-refractivity contribution in [3.8, 4) is 0 Å². The van der Waals surface area contributed by atoms with Crippen LogP contribution in [0.2, 0.25) is 0 Å². The number of rotatable bonds is 14. The SMILES string of the molecule is CCCC[NH+](CCCC)C(CCC(c1ccccc1C(F)(F)F)(c1ccccc1C(F)(F)F)c1ccccc1C(F)(F)F)c1ccccc1C(F)(F)F. The van der Waals surface area contributed by atoms with Gasteiger partial charge in [0.1, 0.15) is 6.04 Å².